The molecular weight excluding hydrogens is 461 g/mol. The molecule has 3 N–H and O–H groups in total. The van der Waals surface area contributed by atoms with Gasteiger partial charge in [0.15, 0.2) is 5.47 Å². The Morgan fingerprint density at radius 3 is 2.34 bits per heavy atom. The second kappa shape index (κ2) is 10.6. The average molecular weight is 484 g/mol. The zero-order valence-electron chi connectivity index (χ0n) is 15.8. The lowest BCUT2D eigenvalue weighted by Crippen LogP contribution is -2.44. The highest BCUT2D eigenvalue weighted by Crippen LogP contribution is 2.37. The van der Waals surface area contributed by atoms with Gasteiger partial charge in [-0.2, -0.15) is 0 Å². The Morgan fingerprint density at radius 2 is 1.76 bits per heavy atom. The number of alkyl carbamates (subject to hydrolysis) is 1. The van der Waals surface area contributed by atoms with Crippen molar-refractivity contribution in [2.75, 3.05) is 6.16 Å². The number of ether oxygens (including phenoxy) is 1. The van der Waals surface area contributed by atoms with Crippen molar-refractivity contribution >= 4 is 35.8 Å². The normalized spacial score (nSPS) is 15.0. The van der Waals surface area contributed by atoms with E-state index in [1.807, 2.05) is 6.07 Å². The molecule has 2 aromatic carbocycles. The predicted molar refractivity (Wildman–Crippen MR) is 113 cm³/mol. The van der Waals surface area contributed by atoms with Gasteiger partial charge in [0.05, 0.1) is 5.92 Å². The maximum atomic E-state index is 12.6. The van der Waals surface area contributed by atoms with E-state index >= 15 is 0 Å². The summed E-state index contributed by atoms with van der Waals surface area (Å²) < 4.78 is 18.5. The SMILES string of the molecule is C[C@](O)(NC(=O)OCc1ccccc1)[PH](=O)CC(Cc1ccc(Br)cc1)C(=O)O. The smallest absolute Gasteiger partial charge is 0.410 e. The fraction of sp³-hybridized carbons (Fsp3) is 0.300. The zero-order chi connectivity index (χ0) is 21.4. The van der Waals surface area contributed by atoms with Crippen molar-refractivity contribution in [3.63, 3.8) is 0 Å². The van der Waals surface area contributed by atoms with Crippen molar-refractivity contribution in [3.05, 3.63) is 70.2 Å². The number of benzene rings is 2. The van der Waals surface area contributed by atoms with Gasteiger partial charge in [0, 0.05) is 10.6 Å². The van der Waals surface area contributed by atoms with Crippen LogP contribution < -0.4 is 5.32 Å². The minimum Gasteiger partial charge on any atom is -0.481 e. The minimum atomic E-state index is -2.91. The molecule has 2 aromatic rings. The monoisotopic (exact) mass is 483 g/mol. The molecule has 0 aromatic heterocycles. The lowest BCUT2D eigenvalue weighted by molar-refractivity contribution is -0.140. The van der Waals surface area contributed by atoms with Gasteiger partial charge in [-0.25, -0.2) is 4.79 Å². The quantitative estimate of drug-likeness (QED) is 0.368. The second-order valence-electron chi connectivity index (χ2n) is 6.75. The molecule has 29 heavy (non-hydrogen) atoms. The van der Waals surface area contributed by atoms with Crippen LogP contribution in [-0.4, -0.2) is 33.9 Å². The molecule has 0 bridgehead atoms. The van der Waals surface area contributed by atoms with Crippen LogP contribution in [0.25, 0.3) is 0 Å². The van der Waals surface area contributed by atoms with Gasteiger partial charge in [0.25, 0.3) is 0 Å². The van der Waals surface area contributed by atoms with Crippen LogP contribution in [0, 0.1) is 5.92 Å². The number of halogens is 1. The maximum absolute atomic E-state index is 12.6. The standard InChI is InChI=1S/C20H23BrNO6P/c1-20(26,22-19(25)28-12-15-5-3-2-4-6-15)29(27)13-16(18(23)24)11-14-7-9-17(21)10-8-14/h2-10,16,26,29H,11-13H2,1H3,(H,22,25)(H,23,24)/t16?,20-/m1/s1. The van der Waals surface area contributed by atoms with Gasteiger partial charge < -0.3 is 19.5 Å². The molecule has 0 saturated heterocycles. The number of carbonyl (C=O) groups is 2. The Kier molecular flexibility index (Phi) is 8.44. The highest BCUT2D eigenvalue weighted by Gasteiger charge is 2.34. The molecule has 0 saturated carbocycles. The van der Waals surface area contributed by atoms with E-state index in [1.165, 1.54) is 6.92 Å². The summed E-state index contributed by atoms with van der Waals surface area (Å²) in [7, 11) is -2.91. The van der Waals surface area contributed by atoms with Crippen molar-refractivity contribution in [1.29, 1.82) is 0 Å². The van der Waals surface area contributed by atoms with E-state index in [-0.39, 0.29) is 19.2 Å². The number of carboxylic acids is 1. The molecule has 0 radical (unpaired) electrons. The summed E-state index contributed by atoms with van der Waals surface area (Å²) in [4.78, 5) is 23.5. The fourth-order valence-electron chi connectivity index (χ4n) is 2.60. The molecule has 0 aliphatic rings. The van der Waals surface area contributed by atoms with Crippen LogP contribution in [0.4, 0.5) is 4.79 Å². The number of hydrogen-bond acceptors (Lipinski definition) is 5. The van der Waals surface area contributed by atoms with Crippen LogP contribution in [-0.2, 0) is 27.1 Å². The average Bonchev–Trinajstić information content (AvgIpc) is 2.67. The second-order valence-corrected chi connectivity index (χ2v) is 9.90. The van der Waals surface area contributed by atoms with Gasteiger partial charge in [-0.15, -0.1) is 0 Å². The molecule has 0 heterocycles. The molecule has 0 spiro atoms. The molecule has 7 nitrogen and oxygen atoms in total. The first-order chi connectivity index (χ1) is 13.7. The van der Waals surface area contributed by atoms with Crippen LogP contribution in [0.2, 0.25) is 0 Å². The summed E-state index contributed by atoms with van der Waals surface area (Å²) in [5, 5.41) is 22.0. The number of nitrogens with one attached hydrogen (secondary N) is 1. The molecule has 0 aliphatic heterocycles. The van der Waals surface area contributed by atoms with E-state index in [1.54, 1.807) is 48.5 Å². The Morgan fingerprint density at radius 1 is 1.14 bits per heavy atom. The molecule has 3 atom stereocenters. The molecule has 0 fully saturated rings. The lowest BCUT2D eigenvalue weighted by Gasteiger charge is -2.25. The van der Waals surface area contributed by atoms with Crippen molar-refractivity contribution in [2.24, 2.45) is 5.92 Å². The maximum Gasteiger partial charge on any atom is 0.410 e. The Bertz CT molecular complexity index is 857. The Balaban J connectivity index is 1.93. The molecule has 0 aliphatic carbocycles. The third-order valence-corrected chi connectivity index (χ3v) is 6.88. The number of carboxylic acid groups (broad SMARTS) is 1. The van der Waals surface area contributed by atoms with Gasteiger partial charge in [0.2, 0.25) is 0 Å². The van der Waals surface area contributed by atoms with Crippen molar-refractivity contribution in [2.45, 2.75) is 25.4 Å². The van der Waals surface area contributed by atoms with E-state index in [4.69, 9.17) is 4.74 Å². The van der Waals surface area contributed by atoms with E-state index in [0.29, 0.717) is 0 Å². The first-order valence-corrected chi connectivity index (χ1v) is 11.3. The molecule has 1 amide bonds. The van der Waals surface area contributed by atoms with Crippen LogP contribution >= 0.6 is 23.7 Å². The first kappa shape index (κ1) is 23.1. The van der Waals surface area contributed by atoms with Gasteiger partial charge in [-0.3, -0.25) is 10.1 Å². The van der Waals surface area contributed by atoms with Crippen LogP contribution in [0.3, 0.4) is 0 Å². The van der Waals surface area contributed by atoms with Gasteiger partial charge in [0.1, 0.15) is 14.4 Å². The third kappa shape index (κ3) is 7.65. The minimum absolute atomic E-state index is 0.00893. The lowest BCUT2D eigenvalue weighted by atomic mass is 10.0. The number of aliphatic hydroxyl groups is 1. The van der Waals surface area contributed by atoms with E-state index in [0.717, 1.165) is 15.6 Å². The molecule has 9 heteroatoms. The van der Waals surface area contributed by atoms with Crippen LogP contribution in [0.15, 0.2) is 59.1 Å². The van der Waals surface area contributed by atoms with Crippen LogP contribution in [0.5, 0.6) is 0 Å². The zero-order valence-corrected chi connectivity index (χ0v) is 18.4. The van der Waals surface area contributed by atoms with E-state index in [9.17, 15) is 24.4 Å². The third-order valence-electron chi connectivity index (χ3n) is 4.28. The summed E-state index contributed by atoms with van der Waals surface area (Å²) in [6.45, 7) is 1.17. The number of hydrogen-bond donors (Lipinski definition) is 3. The van der Waals surface area contributed by atoms with E-state index in [2.05, 4.69) is 21.2 Å². The number of aliphatic carboxylic acids is 1. The molecule has 2 rings (SSSR count). The van der Waals surface area contributed by atoms with Gasteiger partial charge >= 0.3 is 12.1 Å². The number of amides is 1. The number of rotatable bonds is 9. The van der Waals surface area contributed by atoms with Gasteiger partial charge in [-0.1, -0.05) is 58.4 Å². The number of carbonyl (C=O) groups excluding carboxylic acids is 1. The topological polar surface area (TPSA) is 113 Å². The molecule has 2 unspecified atom stereocenters. The highest BCUT2D eigenvalue weighted by molar-refractivity contribution is 9.10. The molecular formula is C20H23BrNO6P. The van der Waals surface area contributed by atoms with Crippen LogP contribution in [0.1, 0.15) is 18.1 Å². The molecule has 156 valence electrons. The predicted octanol–water partition coefficient (Wildman–Crippen LogP) is 3.84. The Labute approximate surface area is 178 Å². The van der Waals surface area contributed by atoms with Crippen molar-refractivity contribution < 1.29 is 29.1 Å². The van der Waals surface area contributed by atoms with E-state index < -0.39 is 31.2 Å². The van der Waals surface area contributed by atoms with Gasteiger partial charge in [-0.05, 0) is 36.6 Å². The fourth-order valence-corrected chi connectivity index (χ4v) is 4.27. The largest absolute Gasteiger partial charge is 0.481 e. The van der Waals surface area contributed by atoms with Crippen molar-refractivity contribution in [3.8, 4) is 0 Å². The summed E-state index contributed by atoms with van der Waals surface area (Å²) in [5.41, 5.74) is -0.535. The Hall–Kier alpha value is -2.15. The van der Waals surface area contributed by atoms with Crippen molar-refractivity contribution in [1.82, 2.24) is 5.32 Å². The summed E-state index contributed by atoms with van der Waals surface area (Å²) >= 11 is 3.31. The highest BCUT2D eigenvalue weighted by atomic mass is 79.9. The summed E-state index contributed by atoms with van der Waals surface area (Å²) in [6, 6.07) is 16.1. The summed E-state index contributed by atoms with van der Waals surface area (Å²) in [6.07, 6.45) is -1.03. The first-order valence-electron chi connectivity index (χ1n) is 8.89. The summed E-state index contributed by atoms with van der Waals surface area (Å²) in [5.74, 6) is -2.08.